The van der Waals surface area contributed by atoms with Crippen molar-refractivity contribution in [1.82, 2.24) is 14.9 Å². The minimum absolute atomic E-state index is 0. The van der Waals surface area contributed by atoms with Crippen LogP contribution in [-0.4, -0.2) is 29.1 Å². The van der Waals surface area contributed by atoms with Gasteiger partial charge in [-0.15, -0.1) is 12.4 Å². The molecule has 1 aliphatic rings. The fourth-order valence-corrected chi connectivity index (χ4v) is 2.99. The molecule has 6 heteroatoms. The number of hydrogen-bond donors (Lipinski definition) is 2. The summed E-state index contributed by atoms with van der Waals surface area (Å²) < 4.78 is 2.20. The summed E-state index contributed by atoms with van der Waals surface area (Å²) in [6, 6.07) is 8.53. The van der Waals surface area contributed by atoms with Gasteiger partial charge in [0.15, 0.2) is 0 Å². The zero-order valence-corrected chi connectivity index (χ0v) is 12.9. The van der Waals surface area contributed by atoms with Gasteiger partial charge in [0.25, 0.3) is 0 Å². The van der Waals surface area contributed by atoms with Gasteiger partial charge < -0.3 is 9.88 Å². The van der Waals surface area contributed by atoms with Crippen molar-refractivity contribution in [3.8, 4) is 0 Å². The Labute approximate surface area is 130 Å². The molecule has 5 nitrogen and oxygen atoms in total. The van der Waals surface area contributed by atoms with Gasteiger partial charge in [0.2, 0.25) is 11.9 Å². The van der Waals surface area contributed by atoms with Gasteiger partial charge in [-0.1, -0.05) is 25.0 Å². The summed E-state index contributed by atoms with van der Waals surface area (Å²) in [6.07, 6.45) is 4.83. The Bertz CT molecular complexity index is 619. The van der Waals surface area contributed by atoms with Crippen molar-refractivity contribution in [3.63, 3.8) is 0 Å². The molecule has 1 amide bonds. The van der Waals surface area contributed by atoms with E-state index in [1.54, 1.807) is 7.05 Å². The minimum atomic E-state index is -0.0537. The number of benzene rings is 1. The summed E-state index contributed by atoms with van der Waals surface area (Å²) in [5, 5.41) is 5.79. The standard InChI is InChI=1S/C15H20N4O.ClH/c1-16-10-14(20)18-15-17-12-8-4-5-9-13(12)19(15)11-6-2-3-7-11;/h4-5,8-9,11,16H,2-3,6-7,10H2,1H3,(H,17,18,20);1H. The topological polar surface area (TPSA) is 59.0 Å². The number of anilines is 1. The maximum atomic E-state index is 11.8. The fourth-order valence-electron chi connectivity index (χ4n) is 2.99. The highest BCUT2D eigenvalue weighted by atomic mass is 35.5. The van der Waals surface area contributed by atoms with Gasteiger partial charge in [-0.3, -0.25) is 10.1 Å². The van der Waals surface area contributed by atoms with E-state index in [0.29, 0.717) is 18.5 Å². The Balaban J connectivity index is 0.00000161. The second-order valence-electron chi connectivity index (χ2n) is 5.31. The first kappa shape index (κ1) is 15.8. The van der Waals surface area contributed by atoms with Crippen molar-refractivity contribution in [2.45, 2.75) is 31.7 Å². The summed E-state index contributed by atoms with van der Waals surface area (Å²) in [5.74, 6) is 0.625. The van der Waals surface area contributed by atoms with Crippen LogP contribution in [-0.2, 0) is 4.79 Å². The number of carbonyl (C=O) groups excluding carboxylic acids is 1. The van der Waals surface area contributed by atoms with E-state index in [-0.39, 0.29) is 18.3 Å². The van der Waals surface area contributed by atoms with E-state index in [0.717, 1.165) is 23.9 Å². The summed E-state index contributed by atoms with van der Waals surface area (Å²) in [6.45, 7) is 0.299. The number of carbonyl (C=O) groups is 1. The molecule has 1 aromatic carbocycles. The molecule has 1 aromatic heterocycles. The smallest absolute Gasteiger partial charge is 0.240 e. The predicted octanol–water partition coefficient (Wildman–Crippen LogP) is 2.73. The average molecular weight is 309 g/mol. The molecular formula is C15H21ClN4O. The number of para-hydroxylation sites is 2. The lowest BCUT2D eigenvalue weighted by Gasteiger charge is -2.16. The first-order valence-electron chi connectivity index (χ1n) is 7.21. The molecule has 1 saturated carbocycles. The number of fused-ring (bicyclic) bond motifs is 1. The number of nitrogens with zero attached hydrogens (tertiary/aromatic N) is 2. The molecule has 0 radical (unpaired) electrons. The Morgan fingerprint density at radius 2 is 2.05 bits per heavy atom. The number of rotatable bonds is 4. The van der Waals surface area contributed by atoms with Crippen molar-refractivity contribution in [2.75, 3.05) is 18.9 Å². The van der Waals surface area contributed by atoms with Crippen LogP contribution in [0.5, 0.6) is 0 Å². The molecule has 1 fully saturated rings. The van der Waals surface area contributed by atoms with Crippen molar-refractivity contribution < 1.29 is 4.79 Å². The highest BCUT2D eigenvalue weighted by Crippen LogP contribution is 2.35. The van der Waals surface area contributed by atoms with E-state index < -0.39 is 0 Å². The molecule has 2 N–H and O–H groups in total. The Hall–Kier alpha value is -1.59. The van der Waals surface area contributed by atoms with Crippen molar-refractivity contribution in [1.29, 1.82) is 0 Å². The van der Waals surface area contributed by atoms with Gasteiger partial charge in [0.1, 0.15) is 0 Å². The van der Waals surface area contributed by atoms with Crippen LogP contribution >= 0.6 is 12.4 Å². The molecular weight excluding hydrogens is 288 g/mol. The third kappa shape index (κ3) is 3.19. The molecule has 1 aliphatic carbocycles. The third-order valence-corrected chi connectivity index (χ3v) is 3.87. The van der Waals surface area contributed by atoms with Crippen LogP contribution in [0.4, 0.5) is 5.95 Å². The SMILES string of the molecule is CNCC(=O)Nc1nc2ccccc2n1C1CCCC1.Cl. The third-order valence-electron chi connectivity index (χ3n) is 3.87. The van der Waals surface area contributed by atoms with Gasteiger partial charge >= 0.3 is 0 Å². The zero-order chi connectivity index (χ0) is 13.9. The fraction of sp³-hybridized carbons (Fsp3) is 0.467. The number of imidazole rings is 1. The van der Waals surface area contributed by atoms with E-state index in [4.69, 9.17) is 0 Å². The number of aromatic nitrogens is 2. The molecule has 0 unspecified atom stereocenters. The Morgan fingerprint density at radius 3 is 2.76 bits per heavy atom. The summed E-state index contributed by atoms with van der Waals surface area (Å²) in [7, 11) is 1.76. The minimum Gasteiger partial charge on any atom is -0.311 e. The van der Waals surface area contributed by atoms with Crippen LogP contribution < -0.4 is 10.6 Å². The summed E-state index contributed by atoms with van der Waals surface area (Å²) in [4.78, 5) is 16.4. The monoisotopic (exact) mass is 308 g/mol. The number of likely N-dealkylation sites (N-methyl/N-ethyl adjacent to an activating group) is 1. The number of halogens is 1. The molecule has 0 bridgehead atoms. The second-order valence-corrected chi connectivity index (χ2v) is 5.31. The zero-order valence-electron chi connectivity index (χ0n) is 12.1. The number of hydrogen-bond acceptors (Lipinski definition) is 3. The van der Waals surface area contributed by atoms with E-state index in [1.807, 2.05) is 18.2 Å². The van der Waals surface area contributed by atoms with Gasteiger partial charge in [-0.25, -0.2) is 4.98 Å². The summed E-state index contributed by atoms with van der Waals surface area (Å²) in [5.41, 5.74) is 2.05. The predicted molar refractivity (Wildman–Crippen MR) is 87.0 cm³/mol. The molecule has 21 heavy (non-hydrogen) atoms. The van der Waals surface area contributed by atoms with Crippen LogP contribution in [0.25, 0.3) is 11.0 Å². The largest absolute Gasteiger partial charge is 0.311 e. The summed E-state index contributed by atoms with van der Waals surface area (Å²) >= 11 is 0. The molecule has 0 spiro atoms. The highest BCUT2D eigenvalue weighted by molar-refractivity contribution is 5.92. The molecule has 0 atom stereocenters. The van der Waals surface area contributed by atoms with Gasteiger partial charge in [0, 0.05) is 6.04 Å². The lowest BCUT2D eigenvalue weighted by Crippen LogP contribution is -2.27. The first-order chi connectivity index (χ1) is 9.79. The highest BCUT2D eigenvalue weighted by Gasteiger charge is 2.23. The Morgan fingerprint density at radius 1 is 1.33 bits per heavy atom. The van der Waals surface area contributed by atoms with Gasteiger partial charge in [-0.2, -0.15) is 0 Å². The van der Waals surface area contributed by atoms with Crippen LogP contribution in [0.2, 0.25) is 0 Å². The number of amides is 1. The van der Waals surface area contributed by atoms with Gasteiger partial charge in [-0.05, 0) is 32.0 Å². The van der Waals surface area contributed by atoms with E-state index in [1.165, 1.54) is 12.8 Å². The quantitative estimate of drug-likeness (QED) is 0.913. The molecule has 114 valence electrons. The average Bonchev–Trinajstić information content (AvgIpc) is 3.04. The number of nitrogens with one attached hydrogen (secondary N) is 2. The van der Waals surface area contributed by atoms with E-state index in [9.17, 15) is 4.79 Å². The molecule has 1 heterocycles. The molecule has 2 aromatic rings. The van der Waals surface area contributed by atoms with Crippen LogP contribution in [0, 0.1) is 0 Å². The molecule has 0 saturated heterocycles. The van der Waals surface area contributed by atoms with E-state index in [2.05, 4.69) is 26.3 Å². The normalized spacial score (nSPS) is 15.1. The lowest BCUT2D eigenvalue weighted by molar-refractivity contribution is -0.115. The van der Waals surface area contributed by atoms with Crippen molar-refractivity contribution in [2.24, 2.45) is 0 Å². The van der Waals surface area contributed by atoms with Crippen LogP contribution in [0.1, 0.15) is 31.7 Å². The van der Waals surface area contributed by atoms with Crippen LogP contribution in [0.15, 0.2) is 24.3 Å². The maximum Gasteiger partial charge on any atom is 0.240 e. The first-order valence-corrected chi connectivity index (χ1v) is 7.21. The lowest BCUT2D eigenvalue weighted by atomic mass is 10.2. The molecule has 3 rings (SSSR count). The maximum absolute atomic E-state index is 11.8. The second kappa shape index (κ2) is 6.91. The van der Waals surface area contributed by atoms with Crippen LogP contribution in [0.3, 0.4) is 0 Å². The van der Waals surface area contributed by atoms with E-state index >= 15 is 0 Å². The van der Waals surface area contributed by atoms with Crippen molar-refractivity contribution in [3.05, 3.63) is 24.3 Å². The molecule has 0 aliphatic heterocycles. The van der Waals surface area contributed by atoms with Crippen molar-refractivity contribution >= 4 is 35.3 Å². The Kier molecular flexibility index (Phi) is 5.20. The van der Waals surface area contributed by atoms with Gasteiger partial charge in [0.05, 0.1) is 17.6 Å².